The van der Waals surface area contributed by atoms with Crippen LogP contribution in [-0.4, -0.2) is 28.2 Å². The summed E-state index contributed by atoms with van der Waals surface area (Å²) in [7, 11) is -1.71. The lowest BCUT2D eigenvalue weighted by atomic mass is 10.0. The SMILES string of the molecule is CCCN[Si](NCCC)(NCCC)C1CCCCC1. The number of rotatable bonds is 10. The Balaban J connectivity index is 2.73. The zero-order valence-electron chi connectivity index (χ0n) is 13.4. The summed E-state index contributed by atoms with van der Waals surface area (Å²) in [5.41, 5.74) is 0.867. The van der Waals surface area contributed by atoms with E-state index in [-0.39, 0.29) is 0 Å². The van der Waals surface area contributed by atoms with Gasteiger partial charge in [0.2, 0.25) is 0 Å². The Morgan fingerprint density at radius 2 is 1.16 bits per heavy atom. The molecule has 0 bridgehead atoms. The summed E-state index contributed by atoms with van der Waals surface area (Å²) < 4.78 is 0. The van der Waals surface area contributed by atoms with E-state index in [0.29, 0.717) is 0 Å². The highest BCUT2D eigenvalue weighted by Crippen LogP contribution is 2.33. The second kappa shape index (κ2) is 9.92. The molecule has 1 fully saturated rings. The van der Waals surface area contributed by atoms with Gasteiger partial charge in [0.15, 0.2) is 0 Å². The van der Waals surface area contributed by atoms with Gasteiger partial charge in [-0.15, -0.1) is 0 Å². The molecule has 0 amide bonds. The monoisotopic (exact) mass is 285 g/mol. The number of nitrogens with one attached hydrogen (secondary N) is 3. The molecule has 0 aromatic heterocycles. The van der Waals surface area contributed by atoms with Gasteiger partial charge in [-0.1, -0.05) is 40.0 Å². The Morgan fingerprint density at radius 3 is 1.53 bits per heavy atom. The summed E-state index contributed by atoms with van der Waals surface area (Å²) in [4.78, 5) is 11.8. The van der Waals surface area contributed by atoms with Gasteiger partial charge in [0, 0.05) is 0 Å². The van der Waals surface area contributed by atoms with Crippen molar-refractivity contribution < 1.29 is 0 Å². The summed E-state index contributed by atoms with van der Waals surface area (Å²) >= 11 is 0. The minimum atomic E-state index is -1.71. The molecule has 0 unspecified atom stereocenters. The standard InChI is InChI=1S/C15H35N3Si/c1-4-12-16-19(17-13-5-2,18-14-6-3)15-10-8-7-9-11-15/h15-18H,4-14H2,1-3H3. The topological polar surface area (TPSA) is 36.1 Å². The van der Waals surface area contributed by atoms with Crippen molar-refractivity contribution in [3.05, 3.63) is 0 Å². The molecule has 3 nitrogen and oxygen atoms in total. The van der Waals surface area contributed by atoms with Gasteiger partial charge in [-0.25, -0.2) is 0 Å². The lowest BCUT2D eigenvalue weighted by molar-refractivity contribution is 0.467. The quantitative estimate of drug-likeness (QED) is 0.539. The van der Waals surface area contributed by atoms with Gasteiger partial charge >= 0.3 is 0 Å². The first kappa shape index (κ1) is 17.1. The maximum absolute atomic E-state index is 3.94. The lowest BCUT2D eigenvalue weighted by Crippen LogP contribution is -2.75. The Morgan fingerprint density at radius 1 is 0.737 bits per heavy atom. The van der Waals surface area contributed by atoms with Crippen molar-refractivity contribution in [3.63, 3.8) is 0 Å². The van der Waals surface area contributed by atoms with Gasteiger partial charge in [0.25, 0.3) is 8.56 Å². The Bertz CT molecular complexity index is 196. The minimum absolute atomic E-state index is 0.867. The summed E-state index contributed by atoms with van der Waals surface area (Å²) in [5.74, 6) is 0. The molecule has 0 aromatic carbocycles. The Kier molecular flexibility index (Phi) is 8.95. The second-order valence-corrected chi connectivity index (χ2v) is 9.42. The average Bonchev–Trinajstić information content (AvgIpc) is 2.48. The highest BCUT2D eigenvalue weighted by Gasteiger charge is 2.41. The van der Waals surface area contributed by atoms with Crippen LogP contribution in [0.5, 0.6) is 0 Å². The molecule has 0 spiro atoms. The van der Waals surface area contributed by atoms with Crippen LogP contribution >= 0.6 is 0 Å². The highest BCUT2D eigenvalue weighted by atomic mass is 28.4. The third kappa shape index (κ3) is 5.54. The minimum Gasteiger partial charge on any atom is -0.313 e. The first-order chi connectivity index (χ1) is 9.29. The van der Waals surface area contributed by atoms with Gasteiger partial charge in [0.1, 0.15) is 0 Å². The molecule has 0 aliphatic heterocycles. The molecule has 1 rings (SSSR count). The summed E-state index contributed by atoms with van der Waals surface area (Å²) in [6, 6.07) is 0. The first-order valence-electron chi connectivity index (χ1n) is 8.54. The van der Waals surface area contributed by atoms with E-state index in [0.717, 1.165) is 25.2 Å². The third-order valence-corrected chi connectivity index (χ3v) is 8.40. The van der Waals surface area contributed by atoms with Crippen LogP contribution in [0.15, 0.2) is 0 Å². The first-order valence-corrected chi connectivity index (χ1v) is 10.6. The molecule has 0 heterocycles. The number of hydrogen-bond acceptors (Lipinski definition) is 3. The van der Waals surface area contributed by atoms with E-state index in [1.165, 1.54) is 51.4 Å². The fourth-order valence-corrected chi connectivity index (χ4v) is 7.57. The predicted octanol–water partition coefficient (Wildman–Crippen LogP) is 3.26. The fraction of sp³-hybridized carbons (Fsp3) is 1.00. The normalized spacial score (nSPS) is 17.8. The molecule has 0 atom stereocenters. The van der Waals surface area contributed by atoms with Crippen molar-refractivity contribution in [2.75, 3.05) is 19.6 Å². The van der Waals surface area contributed by atoms with Crippen molar-refractivity contribution in [2.45, 2.75) is 77.7 Å². The van der Waals surface area contributed by atoms with E-state index in [1.54, 1.807) is 0 Å². The van der Waals surface area contributed by atoms with Gasteiger partial charge in [-0.2, -0.15) is 0 Å². The molecule has 0 saturated heterocycles. The van der Waals surface area contributed by atoms with Crippen LogP contribution in [0.1, 0.15) is 72.1 Å². The summed E-state index contributed by atoms with van der Waals surface area (Å²) in [5, 5.41) is 0. The maximum Gasteiger partial charge on any atom is 0.284 e. The van der Waals surface area contributed by atoms with Crippen LogP contribution in [0.2, 0.25) is 5.54 Å². The van der Waals surface area contributed by atoms with E-state index < -0.39 is 8.56 Å². The molecule has 114 valence electrons. The fourth-order valence-electron chi connectivity index (χ4n) is 3.12. The Labute approximate surface area is 121 Å². The molecule has 19 heavy (non-hydrogen) atoms. The van der Waals surface area contributed by atoms with Crippen LogP contribution in [0, 0.1) is 0 Å². The van der Waals surface area contributed by atoms with Gasteiger partial charge < -0.3 is 14.9 Å². The maximum atomic E-state index is 3.94. The largest absolute Gasteiger partial charge is 0.313 e. The Hall–Kier alpha value is 0.0969. The van der Waals surface area contributed by atoms with E-state index in [2.05, 4.69) is 35.7 Å². The molecular weight excluding hydrogens is 250 g/mol. The molecule has 0 aromatic rings. The van der Waals surface area contributed by atoms with Gasteiger partial charge in [0.05, 0.1) is 0 Å². The van der Waals surface area contributed by atoms with Gasteiger partial charge in [-0.05, 0) is 57.3 Å². The molecule has 1 saturated carbocycles. The molecule has 1 aliphatic carbocycles. The van der Waals surface area contributed by atoms with E-state index in [4.69, 9.17) is 0 Å². The molecule has 1 aliphatic rings. The number of hydrogen-bond donors (Lipinski definition) is 3. The predicted molar refractivity (Wildman–Crippen MR) is 87.5 cm³/mol. The van der Waals surface area contributed by atoms with Crippen LogP contribution in [-0.2, 0) is 0 Å². The molecule has 0 radical (unpaired) electrons. The van der Waals surface area contributed by atoms with Gasteiger partial charge in [-0.3, -0.25) is 0 Å². The zero-order valence-corrected chi connectivity index (χ0v) is 14.4. The van der Waals surface area contributed by atoms with E-state index in [1.807, 2.05) is 0 Å². The smallest absolute Gasteiger partial charge is 0.284 e. The molecule has 3 N–H and O–H groups in total. The molecule has 4 heteroatoms. The van der Waals surface area contributed by atoms with E-state index in [9.17, 15) is 0 Å². The van der Waals surface area contributed by atoms with Crippen molar-refractivity contribution >= 4 is 8.56 Å². The van der Waals surface area contributed by atoms with Crippen LogP contribution in [0.4, 0.5) is 0 Å². The highest BCUT2D eigenvalue weighted by molar-refractivity contribution is 6.74. The van der Waals surface area contributed by atoms with Crippen molar-refractivity contribution in [1.29, 1.82) is 0 Å². The van der Waals surface area contributed by atoms with Crippen molar-refractivity contribution in [2.24, 2.45) is 0 Å². The van der Waals surface area contributed by atoms with E-state index >= 15 is 0 Å². The van der Waals surface area contributed by atoms with Crippen LogP contribution in [0.3, 0.4) is 0 Å². The van der Waals surface area contributed by atoms with Crippen molar-refractivity contribution in [1.82, 2.24) is 14.9 Å². The second-order valence-electron chi connectivity index (χ2n) is 5.92. The van der Waals surface area contributed by atoms with Crippen LogP contribution < -0.4 is 14.9 Å². The summed E-state index contributed by atoms with van der Waals surface area (Å²) in [6.07, 6.45) is 10.8. The average molecular weight is 286 g/mol. The van der Waals surface area contributed by atoms with Crippen LogP contribution in [0.25, 0.3) is 0 Å². The zero-order chi connectivity index (χ0) is 14.0. The summed E-state index contributed by atoms with van der Waals surface area (Å²) in [6.45, 7) is 10.3. The van der Waals surface area contributed by atoms with Crippen molar-refractivity contribution in [3.8, 4) is 0 Å². The molecular formula is C15H35N3Si. The lowest BCUT2D eigenvalue weighted by Gasteiger charge is -2.42. The third-order valence-electron chi connectivity index (χ3n) is 4.18.